The predicted molar refractivity (Wildman–Crippen MR) is 80.4 cm³/mol. The van der Waals surface area contributed by atoms with Crippen molar-refractivity contribution in [2.24, 2.45) is 11.8 Å². The van der Waals surface area contributed by atoms with Crippen molar-refractivity contribution >= 4 is 11.5 Å². The van der Waals surface area contributed by atoms with Crippen LogP contribution >= 0.6 is 0 Å². The van der Waals surface area contributed by atoms with Crippen molar-refractivity contribution in [1.29, 1.82) is 0 Å². The molecule has 2 nitrogen and oxygen atoms in total. The first-order valence-corrected chi connectivity index (χ1v) is 7.67. The summed E-state index contributed by atoms with van der Waals surface area (Å²) < 4.78 is 13.0. The number of hydrogen-bond donors (Lipinski definition) is 0. The summed E-state index contributed by atoms with van der Waals surface area (Å²) in [6.45, 7) is 5.88. The molecule has 0 amide bonds. The fourth-order valence-electron chi connectivity index (χ4n) is 3.08. The van der Waals surface area contributed by atoms with Crippen molar-refractivity contribution in [2.45, 2.75) is 39.5 Å². The van der Waals surface area contributed by atoms with Gasteiger partial charge in [-0.1, -0.05) is 13.3 Å². The van der Waals surface area contributed by atoms with Crippen LogP contribution in [0.5, 0.6) is 0 Å². The predicted octanol–water partition coefficient (Wildman–Crippen LogP) is 4.05. The van der Waals surface area contributed by atoms with Crippen LogP contribution in [-0.2, 0) is 4.79 Å². The summed E-state index contributed by atoms with van der Waals surface area (Å²) in [6, 6.07) is 6.55. The Morgan fingerprint density at radius 1 is 1.25 bits per heavy atom. The molecule has 1 aliphatic carbocycles. The highest BCUT2D eigenvalue weighted by molar-refractivity contribution is 5.82. The Balaban J connectivity index is 2.05. The van der Waals surface area contributed by atoms with Crippen LogP contribution in [0.1, 0.15) is 39.5 Å². The van der Waals surface area contributed by atoms with E-state index in [4.69, 9.17) is 0 Å². The number of ketones is 1. The van der Waals surface area contributed by atoms with Crippen molar-refractivity contribution in [3.8, 4) is 0 Å². The number of carbonyl (C=O) groups excluding carboxylic acids is 1. The zero-order chi connectivity index (χ0) is 14.5. The van der Waals surface area contributed by atoms with E-state index < -0.39 is 0 Å². The second-order valence-corrected chi connectivity index (χ2v) is 5.73. The highest BCUT2D eigenvalue weighted by Crippen LogP contribution is 2.30. The molecule has 1 fully saturated rings. The molecule has 2 rings (SSSR count). The number of halogens is 1. The average Bonchev–Trinajstić information content (AvgIpc) is 2.47. The summed E-state index contributed by atoms with van der Waals surface area (Å²) in [6.07, 6.45) is 3.94. The summed E-state index contributed by atoms with van der Waals surface area (Å²) in [5.41, 5.74) is 1.00. The van der Waals surface area contributed by atoms with Gasteiger partial charge in [-0.15, -0.1) is 0 Å². The SMILES string of the molecule is CCC1CCC(=O)C(CN(CC)c2ccc(F)cc2)C1. The number of carbonyl (C=O) groups is 1. The molecule has 1 saturated carbocycles. The second-order valence-electron chi connectivity index (χ2n) is 5.73. The lowest BCUT2D eigenvalue weighted by molar-refractivity contribution is -0.125. The standard InChI is InChI=1S/C17H24FNO/c1-3-13-5-10-17(20)14(11-13)12-19(4-2)16-8-6-15(18)7-9-16/h6-9,13-14H,3-5,10-12H2,1-2H3. The van der Waals surface area contributed by atoms with Crippen LogP contribution in [0.4, 0.5) is 10.1 Å². The summed E-state index contributed by atoms with van der Waals surface area (Å²) in [7, 11) is 0. The largest absolute Gasteiger partial charge is 0.371 e. The quantitative estimate of drug-likeness (QED) is 0.809. The van der Waals surface area contributed by atoms with Crippen molar-refractivity contribution in [1.82, 2.24) is 0 Å². The van der Waals surface area contributed by atoms with E-state index in [-0.39, 0.29) is 11.7 Å². The van der Waals surface area contributed by atoms with E-state index in [9.17, 15) is 9.18 Å². The molecule has 0 bridgehead atoms. The number of Topliss-reactive ketones (excluding diaryl/α,β-unsaturated/α-hetero) is 1. The average molecular weight is 277 g/mol. The van der Waals surface area contributed by atoms with Gasteiger partial charge in [0.1, 0.15) is 11.6 Å². The highest BCUT2D eigenvalue weighted by Gasteiger charge is 2.29. The Morgan fingerprint density at radius 3 is 2.55 bits per heavy atom. The smallest absolute Gasteiger partial charge is 0.137 e. The second kappa shape index (κ2) is 6.87. The molecule has 1 aromatic carbocycles. The van der Waals surface area contributed by atoms with Crippen LogP contribution in [0.15, 0.2) is 24.3 Å². The van der Waals surface area contributed by atoms with E-state index in [0.717, 1.165) is 44.5 Å². The fraction of sp³-hybridized carbons (Fsp3) is 0.588. The van der Waals surface area contributed by atoms with Gasteiger partial charge in [-0.3, -0.25) is 4.79 Å². The Kier molecular flexibility index (Phi) is 5.16. The molecule has 0 aliphatic heterocycles. The Bertz CT molecular complexity index is 443. The van der Waals surface area contributed by atoms with Crippen LogP contribution in [0.25, 0.3) is 0 Å². The topological polar surface area (TPSA) is 20.3 Å². The van der Waals surface area contributed by atoms with Crippen LogP contribution < -0.4 is 4.90 Å². The third-order valence-corrected chi connectivity index (χ3v) is 4.46. The minimum atomic E-state index is -0.218. The molecule has 110 valence electrons. The normalized spacial score (nSPS) is 22.9. The van der Waals surface area contributed by atoms with Gasteiger partial charge in [-0.25, -0.2) is 4.39 Å². The van der Waals surface area contributed by atoms with E-state index in [1.807, 2.05) is 0 Å². The van der Waals surface area contributed by atoms with Crippen molar-refractivity contribution in [2.75, 3.05) is 18.0 Å². The van der Waals surface area contributed by atoms with Crippen LogP contribution in [0.2, 0.25) is 0 Å². The number of benzene rings is 1. The van der Waals surface area contributed by atoms with Crippen LogP contribution in [0, 0.1) is 17.7 Å². The lowest BCUT2D eigenvalue weighted by Gasteiger charge is -2.32. The Labute approximate surface area is 121 Å². The fourth-order valence-corrected chi connectivity index (χ4v) is 3.08. The highest BCUT2D eigenvalue weighted by atomic mass is 19.1. The maximum atomic E-state index is 13.0. The monoisotopic (exact) mass is 277 g/mol. The third-order valence-electron chi connectivity index (χ3n) is 4.46. The molecular weight excluding hydrogens is 253 g/mol. The van der Waals surface area contributed by atoms with E-state index >= 15 is 0 Å². The van der Waals surface area contributed by atoms with E-state index in [1.54, 1.807) is 12.1 Å². The molecule has 0 N–H and O–H groups in total. The molecule has 2 unspecified atom stereocenters. The molecule has 20 heavy (non-hydrogen) atoms. The van der Waals surface area contributed by atoms with Crippen LogP contribution in [-0.4, -0.2) is 18.9 Å². The molecule has 0 radical (unpaired) electrons. The number of hydrogen-bond acceptors (Lipinski definition) is 2. The van der Waals surface area contributed by atoms with Crippen LogP contribution in [0.3, 0.4) is 0 Å². The number of anilines is 1. The maximum absolute atomic E-state index is 13.0. The summed E-state index contributed by atoms with van der Waals surface area (Å²) >= 11 is 0. The molecule has 0 saturated heterocycles. The summed E-state index contributed by atoms with van der Waals surface area (Å²) in [4.78, 5) is 14.3. The number of nitrogens with zero attached hydrogens (tertiary/aromatic N) is 1. The molecule has 1 aromatic rings. The van der Waals surface area contributed by atoms with E-state index in [0.29, 0.717) is 11.7 Å². The van der Waals surface area contributed by atoms with Gasteiger partial charge in [0.05, 0.1) is 0 Å². The Hall–Kier alpha value is -1.38. The maximum Gasteiger partial charge on any atom is 0.137 e. The zero-order valence-electron chi connectivity index (χ0n) is 12.4. The molecule has 3 heteroatoms. The van der Waals surface area contributed by atoms with Gasteiger partial charge in [0.15, 0.2) is 0 Å². The van der Waals surface area contributed by atoms with Gasteiger partial charge in [0.25, 0.3) is 0 Å². The molecule has 0 heterocycles. The summed E-state index contributed by atoms with van der Waals surface area (Å²) in [5.74, 6) is 1.00. The van der Waals surface area contributed by atoms with Gasteiger partial charge < -0.3 is 4.90 Å². The summed E-state index contributed by atoms with van der Waals surface area (Å²) in [5, 5.41) is 0. The third kappa shape index (κ3) is 3.59. The lowest BCUT2D eigenvalue weighted by atomic mass is 9.79. The van der Waals surface area contributed by atoms with Gasteiger partial charge in [0, 0.05) is 31.1 Å². The lowest BCUT2D eigenvalue weighted by Crippen LogP contribution is -2.36. The molecular formula is C17H24FNO. The Morgan fingerprint density at radius 2 is 1.95 bits per heavy atom. The van der Waals surface area contributed by atoms with E-state index in [1.165, 1.54) is 12.1 Å². The van der Waals surface area contributed by atoms with E-state index in [2.05, 4.69) is 18.7 Å². The molecule has 0 aromatic heterocycles. The van der Waals surface area contributed by atoms with Gasteiger partial charge in [-0.2, -0.15) is 0 Å². The zero-order valence-corrected chi connectivity index (χ0v) is 12.4. The van der Waals surface area contributed by atoms with Gasteiger partial charge in [-0.05, 0) is 49.9 Å². The first kappa shape index (κ1) is 15.0. The minimum absolute atomic E-state index is 0.138. The molecule has 1 aliphatic rings. The van der Waals surface area contributed by atoms with Gasteiger partial charge >= 0.3 is 0 Å². The first-order chi connectivity index (χ1) is 9.63. The molecule has 0 spiro atoms. The van der Waals surface area contributed by atoms with Crippen molar-refractivity contribution < 1.29 is 9.18 Å². The first-order valence-electron chi connectivity index (χ1n) is 7.67. The molecule has 2 atom stereocenters. The number of rotatable bonds is 5. The van der Waals surface area contributed by atoms with Crippen molar-refractivity contribution in [3.63, 3.8) is 0 Å². The minimum Gasteiger partial charge on any atom is -0.371 e. The van der Waals surface area contributed by atoms with Crippen molar-refractivity contribution in [3.05, 3.63) is 30.1 Å². The van der Waals surface area contributed by atoms with Gasteiger partial charge in [0.2, 0.25) is 0 Å².